The molecule has 0 radical (unpaired) electrons. The minimum atomic E-state index is -0.762. The predicted octanol–water partition coefficient (Wildman–Crippen LogP) is 2.28. The van der Waals surface area contributed by atoms with Crippen molar-refractivity contribution in [1.29, 1.82) is 0 Å². The molecule has 2 aromatic heterocycles. The van der Waals surface area contributed by atoms with Crippen LogP contribution >= 0.6 is 11.3 Å². The molecule has 1 atom stereocenters. The van der Waals surface area contributed by atoms with Gasteiger partial charge < -0.3 is 5.11 Å². The second-order valence-corrected chi connectivity index (χ2v) is 4.92. The molecule has 4 nitrogen and oxygen atoms in total. The van der Waals surface area contributed by atoms with E-state index in [1.165, 1.54) is 0 Å². The van der Waals surface area contributed by atoms with Gasteiger partial charge in [-0.05, 0) is 13.8 Å². The van der Waals surface area contributed by atoms with Gasteiger partial charge in [0.1, 0.15) is 0 Å². The number of aromatic nitrogens is 2. The van der Waals surface area contributed by atoms with Crippen molar-refractivity contribution in [3.05, 3.63) is 22.5 Å². The van der Waals surface area contributed by atoms with Crippen molar-refractivity contribution in [1.82, 2.24) is 9.38 Å². The molecule has 2 heterocycles. The zero-order chi connectivity index (χ0) is 11.9. The van der Waals surface area contributed by atoms with E-state index in [1.54, 1.807) is 18.3 Å². The number of hydrogen-bond acceptors (Lipinski definition) is 3. The van der Waals surface area contributed by atoms with Crippen LogP contribution in [-0.4, -0.2) is 20.5 Å². The minimum Gasteiger partial charge on any atom is -0.481 e. The van der Waals surface area contributed by atoms with Crippen LogP contribution in [0, 0.1) is 19.8 Å². The maximum absolute atomic E-state index is 10.9. The number of hydrogen-bond donors (Lipinski definition) is 1. The van der Waals surface area contributed by atoms with Gasteiger partial charge in [-0.1, -0.05) is 6.92 Å². The summed E-state index contributed by atoms with van der Waals surface area (Å²) < 4.78 is 2.05. The highest BCUT2D eigenvalue weighted by atomic mass is 32.1. The van der Waals surface area contributed by atoms with Gasteiger partial charge in [0.05, 0.1) is 11.6 Å². The fourth-order valence-corrected chi connectivity index (χ4v) is 2.72. The molecule has 1 unspecified atom stereocenters. The van der Waals surface area contributed by atoms with Crippen LogP contribution in [0.4, 0.5) is 0 Å². The van der Waals surface area contributed by atoms with E-state index in [1.807, 2.05) is 19.2 Å². The van der Waals surface area contributed by atoms with E-state index in [2.05, 4.69) is 9.38 Å². The van der Waals surface area contributed by atoms with E-state index in [0.717, 1.165) is 22.0 Å². The number of carboxylic acids is 1. The van der Waals surface area contributed by atoms with Gasteiger partial charge in [0.2, 0.25) is 0 Å². The number of aryl methyl sites for hydroxylation is 2. The lowest BCUT2D eigenvalue weighted by atomic mass is 10.1. The Morgan fingerprint density at radius 1 is 1.62 bits per heavy atom. The van der Waals surface area contributed by atoms with Crippen molar-refractivity contribution in [2.75, 3.05) is 0 Å². The lowest BCUT2D eigenvalue weighted by molar-refractivity contribution is -0.141. The molecule has 2 rings (SSSR count). The third-order valence-electron chi connectivity index (χ3n) is 2.75. The minimum absolute atomic E-state index is 0.377. The second kappa shape index (κ2) is 3.90. The van der Waals surface area contributed by atoms with Crippen molar-refractivity contribution in [3.63, 3.8) is 0 Å². The first kappa shape index (κ1) is 11.1. The molecule has 0 aliphatic carbocycles. The molecule has 86 valence electrons. The van der Waals surface area contributed by atoms with Crippen LogP contribution in [0.2, 0.25) is 0 Å². The number of nitrogens with zero attached hydrogens (tertiary/aromatic N) is 2. The summed E-state index contributed by atoms with van der Waals surface area (Å²) >= 11 is 1.59. The topological polar surface area (TPSA) is 54.6 Å². The Kier molecular flexibility index (Phi) is 2.71. The summed E-state index contributed by atoms with van der Waals surface area (Å²) in [4.78, 5) is 16.3. The van der Waals surface area contributed by atoms with Crippen molar-refractivity contribution >= 4 is 22.3 Å². The molecule has 0 aromatic carbocycles. The van der Waals surface area contributed by atoms with Crippen LogP contribution in [0.1, 0.15) is 24.0 Å². The molecular formula is C11H14N2O2S. The molecule has 0 spiro atoms. The monoisotopic (exact) mass is 238 g/mol. The first-order chi connectivity index (χ1) is 7.50. The Hall–Kier alpha value is -1.36. The summed E-state index contributed by atoms with van der Waals surface area (Å²) in [6, 6.07) is 0. The normalized spacial score (nSPS) is 13.2. The van der Waals surface area contributed by atoms with Crippen LogP contribution in [-0.2, 0) is 11.2 Å². The van der Waals surface area contributed by atoms with Gasteiger partial charge >= 0.3 is 5.97 Å². The lowest BCUT2D eigenvalue weighted by Crippen LogP contribution is -2.14. The first-order valence-electron chi connectivity index (χ1n) is 5.15. The van der Waals surface area contributed by atoms with Crippen molar-refractivity contribution in [3.8, 4) is 0 Å². The maximum atomic E-state index is 10.9. The lowest BCUT2D eigenvalue weighted by Gasteiger charge is -2.06. The van der Waals surface area contributed by atoms with Crippen LogP contribution < -0.4 is 0 Å². The SMILES string of the molecule is Cc1nc2scc(C)n2c1CC(C)C(=O)O. The number of carbonyl (C=O) groups is 1. The highest BCUT2D eigenvalue weighted by Gasteiger charge is 2.18. The summed E-state index contributed by atoms with van der Waals surface area (Å²) in [7, 11) is 0. The van der Waals surface area contributed by atoms with Gasteiger partial charge in [0, 0.05) is 23.2 Å². The first-order valence-corrected chi connectivity index (χ1v) is 6.03. The number of imidazole rings is 1. The molecule has 0 bridgehead atoms. The molecule has 0 saturated heterocycles. The fourth-order valence-electron chi connectivity index (χ4n) is 1.79. The molecule has 0 fully saturated rings. The van der Waals surface area contributed by atoms with Gasteiger partial charge in [-0.3, -0.25) is 9.20 Å². The number of fused-ring (bicyclic) bond motifs is 1. The van der Waals surface area contributed by atoms with Crippen LogP contribution in [0.25, 0.3) is 4.96 Å². The van der Waals surface area contributed by atoms with Crippen molar-refractivity contribution < 1.29 is 9.90 Å². The highest BCUT2D eigenvalue weighted by Crippen LogP contribution is 2.22. The quantitative estimate of drug-likeness (QED) is 0.892. The average Bonchev–Trinajstić information content (AvgIpc) is 2.69. The molecule has 0 saturated carbocycles. The van der Waals surface area contributed by atoms with Gasteiger partial charge in [0.15, 0.2) is 4.96 Å². The summed E-state index contributed by atoms with van der Waals surface area (Å²) in [5, 5.41) is 11.0. The average molecular weight is 238 g/mol. The van der Waals surface area contributed by atoms with E-state index in [9.17, 15) is 4.79 Å². The van der Waals surface area contributed by atoms with Gasteiger partial charge in [-0.15, -0.1) is 11.3 Å². The van der Waals surface area contributed by atoms with Crippen LogP contribution in [0.3, 0.4) is 0 Å². The van der Waals surface area contributed by atoms with Crippen molar-refractivity contribution in [2.24, 2.45) is 5.92 Å². The van der Waals surface area contributed by atoms with Crippen LogP contribution in [0.5, 0.6) is 0 Å². The summed E-state index contributed by atoms with van der Waals surface area (Å²) in [5.74, 6) is -1.14. The summed E-state index contributed by atoms with van der Waals surface area (Å²) in [6.45, 7) is 5.67. The molecule has 16 heavy (non-hydrogen) atoms. The fraction of sp³-hybridized carbons (Fsp3) is 0.455. The van der Waals surface area contributed by atoms with Crippen LogP contribution in [0.15, 0.2) is 5.38 Å². The molecule has 0 amide bonds. The Balaban J connectivity index is 2.46. The smallest absolute Gasteiger partial charge is 0.306 e. The third kappa shape index (κ3) is 1.71. The van der Waals surface area contributed by atoms with E-state index in [4.69, 9.17) is 5.11 Å². The molecular weight excluding hydrogens is 224 g/mol. The number of thiazole rings is 1. The number of aliphatic carboxylic acids is 1. The van der Waals surface area contributed by atoms with Gasteiger partial charge in [-0.2, -0.15) is 0 Å². The standard InChI is InChI=1S/C11H14N2O2S/c1-6(10(14)15)4-9-8(3)12-11-13(9)7(2)5-16-11/h5-6H,4H2,1-3H3,(H,14,15). The maximum Gasteiger partial charge on any atom is 0.306 e. The Bertz CT molecular complexity index is 541. The zero-order valence-electron chi connectivity index (χ0n) is 9.52. The van der Waals surface area contributed by atoms with E-state index in [-0.39, 0.29) is 5.92 Å². The largest absolute Gasteiger partial charge is 0.481 e. The number of carboxylic acid groups (broad SMARTS) is 1. The van der Waals surface area contributed by atoms with E-state index < -0.39 is 5.97 Å². The molecule has 1 N–H and O–H groups in total. The van der Waals surface area contributed by atoms with Crippen molar-refractivity contribution in [2.45, 2.75) is 27.2 Å². The third-order valence-corrected chi connectivity index (χ3v) is 3.69. The molecule has 2 aromatic rings. The molecule has 5 heteroatoms. The molecule has 0 aliphatic heterocycles. The zero-order valence-corrected chi connectivity index (χ0v) is 10.3. The van der Waals surface area contributed by atoms with E-state index >= 15 is 0 Å². The van der Waals surface area contributed by atoms with E-state index in [0.29, 0.717) is 6.42 Å². The summed E-state index contributed by atoms with van der Waals surface area (Å²) in [5.41, 5.74) is 3.07. The Morgan fingerprint density at radius 3 is 2.94 bits per heavy atom. The Labute approximate surface area is 97.6 Å². The Morgan fingerprint density at radius 2 is 2.31 bits per heavy atom. The predicted molar refractivity (Wildman–Crippen MR) is 63.0 cm³/mol. The van der Waals surface area contributed by atoms with Gasteiger partial charge in [0.25, 0.3) is 0 Å². The second-order valence-electron chi connectivity index (χ2n) is 4.08. The molecule has 0 aliphatic rings. The summed E-state index contributed by atoms with van der Waals surface area (Å²) in [6.07, 6.45) is 0.528. The number of rotatable bonds is 3. The highest BCUT2D eigenvalue weighted by molar-refractivity contribution is 7.15. The van der Waals surface area contributed by atoms with Gasteiger partial charge in [-0.25, -0.2) is 4.98 Å².